The van der Waals surface area contributed by atoms with Crippen molar-refractivity contribution >= 4 is 11.6 Å². The van der Waals surface area contributed by atoms with Gasteiger partial charge in [-0.05, 0) is 43.7 Å². The summed E-state index contributed by atoms with van der Waals surface area (Å²) in [7, 11) is 2.16. The van der Waals surface area contributed by atoms with Crippen molar-refractivity contribution in [2.75, 3.05) is 25.0 Å². The number of carbonyl (C=O) groups excluding carboxylic acids is 1. The summed E-state index contributed by atoms with van der Waals surface area (Å²) >= 11 is 0. The zero-order valence-electron chi connectivity index (χ0n) is 14.2. The number of hydrogen-bond donors (Lipinski definition) is 1. The number of carbonyl (C=O) groups is 1. The number of anilines is 1. The van der Waals surface area contributed by atoms with Crippen molar-refractivity contribution in [2.24, 2.45) is 11.7 Å². The highest BCUT2D eigenvalue weighted by Crippen LogP contribution is 2.28. The van der Waals surface area contributed by atoms with E-state index in [0.29, 0.717) is 24.3 Å². The largest absolute Gasteiger partial charge is 0.371 e. The number of likely N-dealkylation sites (tertiary alicyclic amines) is 1. The lowest BCUT2D eigenvalue weighted by Gasteiger charge is -2.38. The normalized spacial score (nSPS) is 25.6. The maximum atomic E-state index is 12.5. The van der Waals surface area contributed by atoms with E-state index in [0.717, 1.165) is 38.8 Å². The Balaban J connectivity index is 1.49. The van der Waals surface area contributed by atoms with E-state index in [4.69, 9.17) is 5.73 Å². The monoisotopic (exact) mass is 315 g/mol. The molecule has 0 spiro atoms. The van der Waals surface area contributed by atoms with Crippen LogP contribution in [-0.2, 0) is 4.79 Å². The summed E-state index contributed by atoms with van der Waals surface area (Å²) in [6.07, 6.45) is 6.15. The van der Waals surface area contributed by atoms with Crippen LogP contribution in [0, 0.1) is 5.92 Å². The first kappa shape index (κ1) is 16.3. The number of hydrogen-bond acceptors (Lipinski definition) is 3. The number of rotatable bonds is 4. The minimum Gasteiger partial charge on any atom is -0.371 e. The fourth-order valence-electron chi connectivity index (χ4n) is 4.05. The maximum Gasteiger partial charge on any atom is 0.222 e. The van der Waals surface area contributed by atoms with Gasteiger partial charge in [0.1, 0.15) is 0 Å². The quantitative estimate of drug-likeness (QED) is 0.929. The Morgan fingerprint density at radius 1 is 1.17 bits per heavy atom. The molecule has 1 saturated carbocycles. The molecular formula is C19H29N3O. The van der Waals surface area contributed by atoms with Gasteiger partial charge in [0.25, 0.3) is 0 Å². The topological polar surface area (TPSA) is 49.6 Å². The van der Waals surface area contributed by atoms with Gasteiger partial charge in [0, 0.05) is 44.3 Å². The SMILES string of the molecule is CN(c1ccccc1)C1CCN(C(=O)C[C@@H]2CCC[C@H]2N)CC1. The Labute approximate surface area is 139 Å². The van der Waals surface area contributed by atoms with Crippen LogP contribution in [0.4, 0.5) is 5.69 Å². The Kier molecular flexibility index (Phi) is 5.21. The lowest BCUT2D eigenvalue weighted by atomic mass is 9.97. The molecule has 1 aliphatic carbocycles. The van der Waals surface area contributed by atoms with Gasteiger partial charge >= 0.3 is 0 Å². The highest BCUT2D eigenvalue weighted by molar-refractivity contribution is 5.76. The number of nitrogens with two attached hydrogens (primary N) is 1. The van der Waals surface area contributed by atoms with Crippen LogP contribution in [0.3, 0.4) is 0 Å². The molecule has 4 nitrogen and oxygen atoms in total. The number of amides is 1. The second kappa shape index (κ2) is 7.35. The smallest absolute Gasteiger partial charge is 0.222 e. The summed E-state index contributed by atoms with van der Waals surface area (Å²) in [4.78, 5) is 16.9. The lowest BCUT2D eigenvalue weighted by Crippen LogP contribution is -2.46. The first-order valence-corrected chi connectivity index (χ1v) is 8.96. The van der Waals surface area contributed by atoms with Crippen molar-refractivity contribution in [1.29, 1.82) is 0 Å². The fraction of sp³-hybridized carbons (Fsp3) is 0.632. The van der Waals surface area contributed by atoms with Crippen LogP contribution in [0.25, 0.3) is 0 Å². The summed E-state index contributed by atoms with van der Waals surface area (Å²) in [5, 5.41) is 0. The second-order valence-electron chi connectivity index (χ2n) is 7.12. The second-order valence-corrected chi connectivity index (χ2v) is 7.12. The minimum atomic E-state index is 0.237. The van der Waals surface area contributed by atoms with Crippen molar-refractivity contribution in [3.63, 3.8) is 0 Å². The van der Waals surface area contributed by atoms with Gasteiger partial charge in [0.2, 0.25) is 5.91 Å². The molecule has 4 heteroatoms. The van der Waals surface area contributed by atoms with Gasteiger partial charge in [-0.2, -0.15) is 0 Å². The molecule has 1 aliphatic heterocycles. The minimum absolute atomic E-state index is 0.237. The first-order valence-electron chi connectivity index (χ1n) is 8.96. The van der Waals surface area contributed by atoms with E-state index in [2.05, 4.69) is 41.1 Å². The molecule has 1 aromatic carbocycles. The molecule has 3 rings (SSSR count). The van der Waals surface area contributed by atoms with Crippen molar-refractivity contribution in [3.05, 3.63) is 30.3 Å². The lowest BCUT2D eigenvalue weighted by molar-refractivity contribution is -0.133. The van der Waals surface area contributed by atoms with E-state index in [9.17, 15) is 4.79 Å². The van der Waals surface area contributed by atoms with E-state index in [1.54, 1.807) is 0 Å². The molecule has 0 aromatic heterocycles. The number of nitrogens with zero attached hydrogens (tertiary/aromatic N) is 2. The van der Waals surface area contributed by atoms with Gasteiger partial charge in [0.05, 0.1) is 0 Å². The molecule has 23 heavy (non-hydrogen) atoms. The van der Waals surface area contributed by atoms with Gasteiger partial charge in [0.15, 0.2) is 0 Å². The Morgan fingerprint density at radius 2 is 1.87 bits per heavy atom. The van der Waals surface area contributed by atoms with Crippen molar-refractivity contribution in [3.8, 4) is 0 Å². The summed E-state index contributed by atoms with van der Waals surface area (Å²) < 4.78 is 0. The van der Waals surface area contributed by atoms with E-state index in [1.165, 1.54) is 12.1 Å². The molecule has 1 aromatic rings. The molecule has 0 unspecified atom stereocenters. The van der Waals surface area contributed by atoms with Crippen molar-refractivity contribution < 1.29 is 4.79 Å². The third-order valence-corrected chi connectivity index (χ3v) is 5.68. The zero-order chi connectivity index (χ0) is 16.2. The van der Waals surface area contributed by atoms with E-state index < -0.39 is 0 Å². The molecule has 126 valence electrons. The molecule has 2 aliphatic rings. The highest BCUT2D eigenvalue weighted by Gasteiger charge is 2.30. The van der Waals surface area contributed by atoms with Crippen molar-refractivity contribution in [1.82, 2.24) is 4.90 Å². The molecule has 2 fully saturated rings. The van der Waals surface area contributed by atoms with Crippen LogP contribution in [0.5, 0.6) is 0 Å². The van der Waals surface area contributed by atoms with Crippen LogP contribution in [-0.4, -0.2) is 43.0 Å². The third kappa shape index (κ3) is 3.86. The van der Waals surface area contributed by atoms with Crippen LogP contribution in [0.15, 0.2) is 30.3 Å². The molecule has 1 heterocycles. The van der Waals surface area contributed by atoms with Crippen molar-refractivity contribution in [2.45, 2.75) is 50.6 Å². The van der Waals surface area contributed by atoms with Crippen LogP contribution in [0.1, 0.15) is 38.5 Å². The average Bonchev–Trinajstić information content (AvgIpc) is 3.00. The van der Waals surface area contributed by atoms with Gasteiger partial charge in [-0.3, -0.25) is 4.79 Å². The van der Waals surface area contributed by atoms with E-state index in [-0.39, 0.29) is 6.04 Å². The number of piperidine rings is 1. The summed E-state index contributed by atoms with van der Waals surface area (Å²) in [5.74, 6) is 0.723. The van der Waals surface area contributed by atoms with E-state index >= 15 is 0 Å². The first-order chi connectivity index (χ1) is 11.1. The van der Waals surface area contributed by atoms with Crippen LogP contribution >= 0.6 is 0 Å². The molecule has 2 atom stereocenters. The van der Waals surface area contributed by atoms with E-state index in [1.807, 2.05) is 6.07 Å². The van der Waals surface area contributed by atoms with Gasteiger partial charge in [-0.15, -0.1) is 0 Å². The standard InChI is InChI=1S/C19H29N3O/c1-21(16-7-3-2-4-8-16)17-10-12-22(13-11-17)19(23)14-15-6-5-9-18(15)20/h2-4,7-8,15,17-18H,5-6,9-14,20H2,1H3/t15-,18+/m0/s1. The molecule has 1 saturated heterocycles. The van der Waals surface area contributed by atoms with Gasteiger partial charge in [-0.25, -0.2) is 0 Å². The Hall–Kier alpha value is -1.55. The molecule has 1 amide bonds. The summed E-state index contributed by atoms with van der Waals surface area (Å²) in [6, 6.07) is 11.3. The molecule has 0 radical (unpaired) electrons. The molecule has 0 bridgehead atoms. The third-order valence-electron chi connectivity index (χ3n) is 5.68. The molecular weight excluding hydrogens is 286 g/mol. The van der Waals surface area contributed by atoms with Gasteiger partial charge < -0.3 is 15.5 Å². The summed E-state index contributed by atoms with van der Waals surface area (Å²) in [6.45, 7) is 1.76. The number of para-hydroxylation sites is 1. The average molecular weight is 315 g/mol. The Bertz CT molecular complexity index is 511. The predicted molar refractivity (Wildman–Crippen MR) is 94.4 cm³/mol. The van der Waals surface area contributed by atoms with Crippen LogP contribution < -0.4 is 10.6 Å². The number of benzene rings is 1. The highest BCUT2D eigenvalue weighted by atomic mass is 16.2. The molecule has 2 N–H and O–H groups in total. The summed E-state index contributed by atoms with van der Waals surface area (Å²) in [5.41, 5.74) is 7.36. The van der Waals surface area contributed by atoms with Gasteiger partial charge in [-0.1, -0.05) is 24.6 Å². The maximum absolute atomic E-state index is 12.5. The van der Waals surface area contributed by atoms with Crippen LogP contribution in [0.2, 0.25) is 0 Å². The Morgan fingerprint density at radius 3 is 2.48 bits per heavy atom. The predicted octanol–water partition coefficient (Wildman–Crippen LogP) is 2.63. The zero-order valence-corrected chi connectivity index (χ0v) is 14.2. The fourth-order valence-corrected chi connectivity index (χ4v) is 4.05.